The second-order valence-corrected chi connectivity index (χ2v) is 4.50. The van der Waals surface area contributed by atoms with Gasteiger partial charge in [-0.25, -0.2) is 4.79 Å². The van der Waals surface area contributed by atoms with Crippen LogP contribution in [-0.2, 0) is 25.6 Å². The normalized spacial score (nSPS) is 21.9. The zero-order valence-corrected chi connectivity index (χ0v) is 11.1. The number of hydrogen-bond acceptors (Lipinski definition) is 5. The van der Waals surface area contributed by atoms with E-state index in [9.17, 15) is 9.59 Å². The van der Waals surface area contributed by atoms with Gasteiger partial charge in [-0.05, 0) is 12.8 Å². The standard InChI is InChI=1S/C12H17N3O5/c1-19-5-4-15-7-8(6-13-15)14-11(16)9-2-3-10(20-9)12(17)18/h6-7,9-10H,2-5H2,1H3,(H,14,16)(H,17,18)/t9-,10+/m0/s1. The summed E-state index contributed by atoms with van der Waals surface area (Å²) in [6.45, 7) is 1.12. The first-order valence-electron chi connectivity index (χ1n) is 6.30. The maximum atomic E-state index is 11.9. The number of hydrogen-bond donors (Lipinski definition) is 2. The minimum absolute atomic E-state index is 0.347. The maximum absolute atomic E-state index is 11.9. The number of amides is 1. The Morgan fingerprint density at radius 1 is 1.55 bits per heavy atom. The Balaban J connectivity index is 1.85. The summed E-state index contributed by atoms with van der Waals surface area (Å²) in [6, 6.07) is 0. The van der Waals surface area contributed by atoms with E-state index in [-0.39, 0.29) is 5.91 Å². The average molecular weight is 283 g/mol. The van der Waals surface area contributed by atoms with Crippen LogP contribution in [0.1, 0.15) is 12.8 Å². The van der Waals surface area contributed by atoms with Crippen LogP contribution in [0.15, 0.2) is 12.4 Å². The molecule has 1 aromatic heterocycles. The van der Waals surface area contributed by atoms with Gasteiger partial charge in [-0.2, -0.15) is 5.10 Å². The highest BCUT2D eigenvalue weighted by molar-refractivity contribution is 5.94. The summed E-state index contributed by atoms with van der Waals surface area (Å²) in [5, 5.41) is 15.5. The second-order valence-electron chi connectivity index (χ2n) is 4.50. The Labute approximate surface area is 115 Å². The van der Waals surface area contributed by atoms with Gasteiger partial charge in [-0.15, -0.1) is 0 Å². The molecule has 0 aromatic carbocycles. The van der Waals surface area contributed by atoms with E-state index in [1.165, 1.54) is 6.20 Å². The highest BCUT2D eigenvalue weighted by Crippen LogP contribution is 2.21. The van der Waals surface area contributed by atoms with Gasteiger partial charge in [0.25, 0.3) is 5.91 Å². The van der Waals surface area contributed by atoms with Gasteiger partial charge >= 0.3 is 5.97 Å². The minimum Gasteiger partial charge on any atom is -0.479 e. The van der Waals surface area contributed by atoms with Gasteiger partial charge in [-0.3, -0.25) is 9.48 Å². The molecule has 1 aliphatic heterocycles. The number of anilines is 1. The number of ether oxygens (including phenoxy) is 2. The lowest BCUT2D eigenvalue weighted by molar-refractivity contribution is -0.150. The van der Waals surface area contributed by atoms with E-state index in [1.807, 2.05) is 0 Å². The SMILES string of the molecule is COCCn1cc(NC(=O)[C@@H]2CC[C@H](C(=O)O)O2)cn1. The van der Waals surface area contributed by atoms with Crippen molar-refractivity contribution in [3.63, 3.8) is 0 Å². The van der Waals surface area contributed by atoms with Crippen LogP contribution in [0.4, 0.5) is 5.69 Å². The Kier molecular flexibility index (Phi) is 4.70. The number of nitrogens with zero attached hydrogens (tertiary/aromatic N) is 2. The van der Waals surface area contributed by atoms with Crippen LogP contribution in [0.5, 0.6) is 0 Å². The second kappa shape index (κ2) is 6.49. The molecule has 1 aromatic rings. The van der Waals surface area contributed by atoms with E-state index in [0.717, 1.165) is 0 Å². The number of carbonyl (C=O) groups excluding carboxylic acids is 1. The molecule has 0 unspecified atom stereocenters. The third kappa shape index (κ3) is 3.55. The molecular formula is C12H17N3O5. The Morgan fingerprint density at radius 3 is 2.95 bits per heavy atom. The number of carboxylic acid groups (broad SMARTS) is 1. The van der Waals surface area contributed by atoms with Gasteiger partial charge < -0.3 is 19.9 Å². The number of methoxy groups -OCH3 is 1. The van der Waals surface area contributed by atoms with Crippen molar-refractivity contribution < 1.29 is 24.2 Å². The van der Waals surface area contributed by atoms with E-state index in [0.29, 0.717) is 31.7 Å². The number of nitrogens with one attached hydrogen (secondary N) is 1. The predicted octanol–water partition coefficient (Wildman–Crippen LogP) is 0.100. The molecule has 0 spiro atoms. The lowest BCUT2D eigenvalue weighted by atomic mass is 10.2. The quantitative estimate of drug-likeness (QED) is 0.767. The van der Waals surface area contributed by atoms with Gasteiger partial charge in [0.1, 0.15) is 6.10 Å². The average Bonchev–Trinajstić information content (AvgIpc) is 3.05. The molecule has 8 heteroatoms. The summed E-state index contributed by atoms with van der Waals surface area (Å²) in [4.78, 5) is 22.7. The highest BCUT2D eigenvalue weighted by Gasteiger charge is 2.34. The monoisotopic (exact) mass is 283 g/mol. The maximum Gasteiger partial charge on any atom is 0.332 e. The third-order valence-electron chi connectivity index (χ3n) is 3.01. The van der Waals surface area contributed by atoms with E-state index in [1.54, 1.807) is 18.0 Å². The predicted molar refractivity (Wildman–Crippen MR) is 68.3 cm³/mol. The molecule has 2 rings (SSSR count). The van der Waals surface area contributed by atoms with Gasteiger partial charge in [0.05, 0.1) is 25.0 Å². The van der Waals surface area contributed by atoms with Gasteiger partial charge in [0.15, 0.2) is 6.10 Å². The topological polar surface area (TPSA) is 103 Å². The molecule has 8 nitrogen and oxygen atoms in total. The fraction of sp³-hybridized carbons (Fsp3) is 0.583. The molecule has 0 radical (unpaired) electrons. The molecule has 20 heavy (non-hydrogen) atoms. The fourth-order valence-electron chi connectivity index (χ4n) is 1.97. The Bertz CT molecular complexity index is 487. The Hall–Kier alpha value is -1.93. The summed E-state index contributed by atoms with van der Waals surface area (Å²) in [6.07, 6.45) is 2.34. The summed E-state index contributed by atoms with van der Waals surface area (Å²) in [5.41, 5.74) is 0.550. The van der Waals surface area contributed by atoms with Crippen LogP contribution >= 0.6 is 0 Å². The molecule has 2 heterocycles. The zero-order chi connectivity index (χ0) is 14.5. The smallest absolute Gasteiger partial charge is 0.332 e. The Morgan fingerprint density at radius 2 is 2.30 bits per heavy atom. The van der Waals surface area contributed by atoms with Crippen LogP contribution in [0.25, 0.3) is 0 Å². The summed E-state index contributed by atoms with van der Waals surface area (Å²) in [5.74, 6) is -1.38. The van der Waals surface area contributed by atoms with Gasteiger partial charge in [-0.1, -0.05) is 0 Å². The van der Waals surface area contributed by atoms with Crippen molar-refractivity contribution in [2.75, 3.05) is 19.0 Å². The van der Waals surface area contributed by atoms with E-state index < -0.39 is 18.2 Å². The number of aliphatic carboxylic acids is 1. The highest BCUT2D eigenvalue weighted by atomic mass is 16.5. The van der Waals surface area contributed by atoms with Crippen molar-refractivity contribution in [1.29, 1.82) is 0 Å². The number of carbonyl (C=O) groups is 2. The van der Waals surface area contributed by atoms with Gasteiger partial charge in [0.2, 0.25) is 0 Å². The fourth-order valence-corrected chi connectivity index (χ4v) is 1.97. The van der Waals surface area contributed by atoms with Crippen LogP contribution < -0.4 is 5.32 Å². The van der Waals surface area contributed by atoms with Crippen molar-refractivity contribution in [1.82, 2.24) is 9.78 Å². The van der Waals surface area contributed by atoms with Crippen LogP contribution in [0.2, 0.25) is 0 Å². The molecule has 2 N–H and O–H groups in total. The van der Waals surface area contributed by atoms with Crippen molar-refractivity contribution >= 4 is 17.6 Å². The number of rotatable bonds is 6. The molecule has 0 aliphatic carbocycles. The number of aromatic nitrogens is 2. The third-order valence-corrected chi connectivity index (χ3v) is 3.01. The molecule has 1 amide bonds. The lowest BCUT2D eigenvalue weighted by Gasteiger charge is -2.10. The first kappa shape index (κ1) is 14.5. The van der Waals surface area contributed by atoms with Crippen molar-refractivity contribution in [2.24, 2.45) is 0 Å². The molecule has 2 atom stereocenters. The van der Waals surface area contributed by atoms with Crippen molar-refractivity contribution in [3.8, 4) is 0 Å². The van der Waals surface area contributed by atoms with Crippen LogP contribution in [-0.4, -0.2) is 52.7 Å². The molecule has 110 valence electrons. The minimum atomic E-state index is -1.03. The zero-order valence-electron chi connectivity index (χ0n) is 11.1. The van der Waals surface area contributed by atoms with E-state index in [2.05, 4.69) is 10.4 Å². The van der Waals surface area contributed by atoms with Gasteiger partial charge in [0, 0.05) is 13.3 Å². The van der Waals surface area contributed by atoms with Crippen LogP contribution in [0, 0.1) is 0 Å². The number of carboxylic acids is 1. The molecule has 1 fully saturated rings. The van der Waals surface area contributed by atoms with Crippen molar-refractivity contribution in [3.05, 3.63) is 12.4 Å². The lowest BCUT2D eigenvalue weighted by Crippen LogP contribution is -2.29. The molecule has 0 bridgehead atoms. The first-order chi connectivity index (χ1) is 9.60. The summed E-state index contributed by atoms with van der Waals surface area (Å²) >= 11 is 0. The molecular weight excluding hydrogens is 266 g/mol. The van der Waals surface area contributed by atoms with E-state index >= 15 is 0 Å². The molecule has 1 aliphatic rings. The largest absolute Gasteiger partial charge is 0.479 e. The molecule has 1 saturated heterocycles. The van der Waals surface area contributed by atoms with E-state index in [4.69, 9.17) is 14.6 Å². The van der Waals surface area contributed by atoms with Crippen LogP contribution in [0.3, 0.4) is 0 Å². The summed E-state index contributed by atoms with van der Waals surface area (Å²) in [7, 11) is 1.60. The van der Waals surface area contributed by atoms with Crippen molar-refractivity contribution in [2.45, 2.75) is 31.6 Å². The first-order valence-corrected chi connectivity index (χ1v) is 6.30. The molecule has 0 saturated carbocycles. The summed E-state index contributed by atoms with van der Waals surface area (Å²) < 4.78 is 11.7.